The Balaban J connectivity index is 2.26. The maximum Gasteiger partial charge on any atom is 0.301 e. The molecule has 0 amide bonds. The Morgan fingerprint density at radius 3 is 2.94 bits per heavy atom. The Morgan fingerprint density at radius 2 is 2.33 bits per heavy atom. The van der Waals surface area contributed by atoms with Gasteiger partial charge in [-0.3, -0.25) is 10.1 Å². The van der Waals surface area contributed by atoms with E-state index in [1.165, 1.54) is 12.8 Å². The highest BCUT2D eigenvalue weighted by Crippen LogP contribution is 2.40. The van der Waals surface area contributed by atoms with Gasteiger partial charge in [0, 0.05) is 10.0 Å². The van der Waals surface area contributed by atoms with Crippen LogP contribution in [-0.2, 0) is 6.42 Å². The van der Waals surface area contributed by atoms with Gasteiger partial charge in [-0.2, -0.15) is 0 Å². The van der Waals surface area contributed by atoms with Gasteiger partial charge in [0.25, 0.3) is 0 Å². The molecule has 1 aliphatic carbocycles. The smallest absolute Gasteiger partial charge is 0.301 e. The fraction of sp³-hybridized carbons (Fsp3) is 0.417. The van der Waals surface area contributed by atoms with E-state index >= 15 is 0 Å². The van der Waals surface area contributed by atoms with Gasteiger partial charge in [0.2, 0.25) is 0 Å². The lowest BCUT2D eigenvalue weighted by molar-refractivity contribution is -0.384. The summed E-state index contributed by atoms with van der Waals surface area (Å²) in [7, 11) is 0. The van der Waals surface area contributed by atoms with Crippen molar-refractivity contribution in [1.29, 1.82) is 0 Å². The van der Waals surface area contributed by atoms with E-state index in [-0.39, 0.29) is 10.6 Å². The number of benzene rings is 1. The number of halogens is 1. The van der Waals surface area contributed by atoms with E-state index in [9.17, 15) is 10.1 Å². The maximum absolute atomic E-state index is 11.3. The van der Waals surface area contributed by atoms with Gasteiger partial charge in [-0.15, -0.1) is 0 Å². The Labute approximate surface area is 112 Å². The number of aromatic nitrogens is 2. The van der Waals surface area contributed by atoms with Crippen molar-refractivity contribution in [2.24, 2.45) is 5.92 Å². The average Bonchev–Trinajstić information content (AvgIpc) is 3.01. The normalized spacial score (nSPS) is 15.2. The van der Waals surface area contributed by atoms with E-state index < -0.39 is 0 Å². The minimum absolute atomic E-state index is 0.149. The first-order valence-corrected chi connectivity index (χ1v) is 6.67. The van der Waals surface area contributed by atoms with Crippen LogP contribution in [0.4, 0.5) is 5.69 Å². The highest BCUT2D eigenvalue weighted by atomic mass is 79.9. The second-order valence-corrected chi connectivity index (χ2v) is 5.66. The van der Waals surface area contributed by atoms with Gasteiger partial charge in [0.15, 0.2) is 5.52 Å². The number of fused-ring (bicyclic) bond motifs is 1. The summed E-state index contributed by atoms with van der Waals surface area (Å²) in [6.07, 6.45) is 3.10. The summed E-state index contributed by atoms with van der Waals surface area (Å²) in [5.74, 6) is 1.29. The molecule has 1 fully saturated rings. The topological polar surface area (TPSA) is 71.8 Å². The molecule has 1 N–H and O–H groups in total. The molecule has 3 rings (SSSR count). The lowest BCUT2D eigenvalue weighted by Gasteiger charge is -2.05. The number of aromatic amines is 1. The fourth-order valence-corrected chi connectivity index (χ4v) is 2.84. The van der Waals surface area contributed by atoms with Crippen LogP contribution >= 0.6 is 15.9 Å². The van der Waals surface area contributed by atoms with E-state index in [0.717, 1.165) is 16.5 Å². The number of aryl methyl sites for hydroxylation is 1. The number of H-pyrrole nitrogens is 1. The third-order valence-corrected chi connectivity index (χ3v) is 4.00. The molecular formula is C12H12BrN3O2. The van der Waals surface area contributed by atoms with Crippen molar-refractivity contribution in [2.75, 3.05) is 0 Å². The predicted molar refractivity (Wildman–Crippen MR) is 71.6 cm³/mol. The van der Waals surface area contributed by atoms with Crippen LogP contribution in [0.5, 0.6) is 0 Å². The summed E-state index contributed by atoms with van der Waals surface area (Å²) in [4.78, 5) is 18.3. The van der Waals surface area contributed by atoms with Crippen molar-refractivity contribution in [3.63, 3.8) is 0 Å². The van der Waals surface area contributed by atoms with E-state index in [0.29, 0.717) is 22.8 Å². The van der Waals surface area contributed by atoms with Gasteiger partial charge in [0.05, 0.1) is 10.4 Å². The first-order chi connectivity index (χ1) is 8.56. The lowest BCUT2D eigenvalue weighted by atomic mass is 10.1. The Hall–Kier alpha value is -1.43. The van der Waals surface area contributed by atoms with Crippen LogP contribution in [0, 0.1) is 23.0 Å². The van der Waals surface area contributed by atoms with Crippen LogP contribution in [-0.4, -0.2) is 14.9 Å². The molecule has 1 saturated carbocycles. The van der Waals surface area contributed by atoms with Gasteiger partial charge in [-0.25, -0.2) is 4.98 Å². The van der Waals surface area contributed by atoms with Crippen molar-refractivity contribution < 1.29 is 4.92 Å². The lowest BCUT2D eigenvalue weighted by Crippen LogP contribution is -1.99. The molecule has 0 radical (unpaired) electrons. The van der Waals surface area contributed by atoms with Gasteiger partial charge in [-0.1, -0.05) is 15.9 Å². The Bertz CT molecular complexity index is 646. The van der Waals surface area contributed by atoms with Crippen LogP contribution in [0.3, 0.4) is 0 Å². The number of rotatable bonds is 3. The number of hydrogen-bond acceptors (Lipinski definition) is 3. The van der Waals surface area contributed by atoms with Crippen LogP contribution in [0.15, 0.2) is 10.5 Å². The summed E-state index contributed by atoms with van der Waals surface area (Å²) in [6, 6.07) is 1.89. The second-order valence-electron chi connectivity index (χ2n) is 4.81. The number of imidazole rings is 1. The van der Waals surface area contributed by atoms with Crippen molar-refractivity contribution in [2.45, 2.75) is 26.2 Å². The zero-order valence-corrected chi connectivity index (χ0v) is 11.5. The molecule has 18 heavy (non-hydrogen) atoms. The SMILES string of the molecule is Cc1nc2c([N+](=O)[O-])c(CC3CC3)c(Br)cc2[nH]1. The number of nitro benzene ring substituents is 1. The van der Waals surface area contributed by atoms with Crippen LogP contribution < -0.4 is 0 Å². The van der Waals surface area contributed by atoms with Crippen LogP contribution in [0.1, 0.15) is 24.2 Å². The molecule has 6 heteroatoms. The molecule has 0 saturated heterocycles. The van der Waals surface area contributed by atoms with Crippen molar-refractivity contribution in [3.05, 3.63) is 32.0 Å². The molecule has 2 aromatic rings. The maximum atomic E-state index is 11.3. The van der Waals surface area contributed by atoms with Gasteiger partial charge in [-0.05, 0) is 38.2 Å². The van der Waals surface area contributed by atoms with E-state index in [1.807, 2.05) is 6.07 Å². The Kier molecular flexibility index (Phi) is 2.62. The van der Waals surface area contributed by atoms with E-state index in [2.05, 4.69) is 25.9 Å². The largest absolute Gasteiger partial charge is 0.342 e. The molecule has 0 bridgehead atoms. The minimum atomic E-state index is -0.314. The summed E-state index contributed by atoms with van der Waals surface area (Å²) in [6.45, 7) is 1.80. The molecule has 5 nitrogen and oxygen atoms in total. The fourth-order valence-electron chi connectivity index (χ4n) is 2.27. The summed E-state index contributed by atoms with van der Waals surface area (Å²) < 4.78 is 0.803. The summed E-state index contributed by atoms with van der Waals surface area (Å²) >= 11 is 3.45. The Morgan fingerprint density at radius 1 is 1.61 bits per heavy atom. The highest BCUT2D eigenvalue weighted by Gasteiger charge is 2.30. The first-order valence-electron chi connectivity index (χ1n) is 5.88. The zero-order chi connectivity index (χ0) is 12.9. The molecular weight excluding hydrogens is 298 g/mol. The minimum Gasteiger partial charge on any atom is -0.342 e. The summed E-state index contributed by atoms with van der Waals surface area (Å²) in [5.41, 5.74) is 2.11. The molecule has 0 aliphatic heterocycles. The van der Waals surface area contributed by atoms with Gasteiger partial charge >= 0.3 is 5.69 Å². The quantitative estimate of drug-likeness (QED) is 0.696. The number of nitrogens with one attached hydrogen (secondary N) is 1. The molecule has 1 aromatic heterocycles. The molecule has 0 unspecified atom stereocenters. The first kappa shape index (κ1) is 11.6. The second kappa shape index (κ2) is 4.05. The molecule has 0 spiro atoms. The van der Waals surface area contributed by atoms with E-state index in [1.54, 1.807) is 6.92 Å². The average molecular weight is 310 g/mol. The van der Waals surface area contributed by atoms with E-state index in [4.69, 9.17) is 0 Å². The van der Waals surface area contributed by atoms with Crippen LogP contribution in [0.2, 0.25) is 0 Å². The number of nitro groups is 1. The molecule has 0 atom stereocenters. The number of hydrogen-bond donors (Lipinski definition) is 1. The van der Waals surface area contributed by atoms with Crippen molar-refractivity contribution in [1.82, 2.24) is 9.97 Å². The third-order valence-electron chi connectivity index (χ3n) is 3.29. The highest BCUT2D eigenvalue weighted by molar-refractivity contribution is 9.10. The number of nitrogens with zero attached hydrogens (tertiary/aromatic N) is 2. The zero-order valence-electron chi connectivity index (χ0n) is 9.86. The van der Waals surface area contributed by atoms with Gasteiger partial charge in [0.1, 0.15) is 5.82 Å². The third kappa shape index (κ3) is 1.90. The predicted octanol–water partition coefficient (Wildman–Crippen LogP) is 3.49. The van der Waals surface area contributed by atoms with Gasteiger partial charge < -0.3 is 4.98 Å². The molecule has 1 heterocycles. The van der Waals surface area contributed by atoms with Crippen LogP contribution in [0.25, 0.3) is 11.0 Å². The molecule has 1 aromatic carbocycles. The summed E-state index contributed by atoms with van der Waals surface area (Å²) in [5, 5.41) is 11.3. The standard InChI is InChI=1S/C12H12BrN3O2/c1-6-14-10-5-9(13)8(4-7-2-3-7)12(16(17)18)11(10)15-6/h5,7H,2-4H2,1H3,(H,14,15). The molecule has 1 aliphatic rings. The van der Waals surface area contributed by atoms with Crippen molar-refractivity contribution >= 4 is 32.7 Å². The van der Waals surface area contributed by atoms with Crippen molar-refractivity contribution in [3.8, 4) is 0 Å². The molecule has 94 valence electrons. The monoisotopic (exact) mass is 309 g/mol.